The van der Waals surface area contributed by atoms with E-state index in [0.29, 0.717) is 17.1 Å². The van der Waals surface area contributed by atoms with E-state index >= 15 is 0 Å². The van der Waals surface area contributed by atoms with Crippen LogP contribution in [0.1, 0.15) is 15.9 Å². The molecule has 0 spiro atoms. The summed E-state index contributed by atoms with van der Waals surface area (Å²) in [6.45, 7) is 3.73. The van der Waals surface area contributed by atoms with E-state index < -0.39 is 0 Å². The van der Waals surface area contributed by atoms with Crippen molar-refractivity contribution in [2.24, 2.45) is 0 Å². The molecule has 0 radical (unpaired) electrons. The second-order valence-corrected chi connectivity index (χ2v) is 5.85. The lowest BCUT2D eigenvalue weighted by Gasteiger charge is -2.30. The van der Waals surface area contributed by atoms with Crippen molar-refractivity contribution < 1.29 is 9.53 Å². The van der Waals surface area contributed by atoms with Crippen molar-refractivity contribution in [2.45, 2.75) is 6.54 Å². The number of carbonyl (C=O) groups excluding carboxylic acids is 1. The second kappa shape index (κ2) is 7.49. The summed E-state index contributed by atoms with van der Waals surface area (Å²) in [6.07, 6.45) is 0. The van der Waals surface area contributed by atoms with E-state index in [0.717, 1.165) is 37.6 Å². The van der Waals surface area contributed by atoms with Gasteiger partial charge in [0.2, 0.25) is 0 Å². The van der Waals surface area contributed by atoms with Gasteiger partial charge >= 0.3 is 0 Å². The van der Waals surface area contributed by atoms with E-state index in [2.05, 4.69) is 16.3 Å². The molecule has 0 unspecified atom stereocenters. The molecule has 1 N–H and O–H groups in total. The standard InChI is InChI=1S/C18H19ClN2O2/c19-16-7-5-14(6-8-16)18(22)20-13-15-3-1-2-4-17(15)21-9-11-23-12-10-21/h1-8H,9-13H2,(H,20,22). The van der Waals surface area contributed by atoms with Crippen LogP contribution in [-0.4, -0.2) is 32.2 Å². The van der Waals surface area contributed by atoms with Crippen LogP contribution in [-0.2, 0) is 11.3 Å². The first kappa shape index (κ1) is 15.8. The predicted octanol–water partition coefficient (Wildman–Crippen LogP) is 3.11. The summed E-state index contributed by atoms with van der Waals surface area (Å²) < 4.78 is 5.40. The minimum atomic E-state index is -0.0987. The zero-order valence-corrected chi connectivity index (χ0v) is 13.6. The van der Waals surface area contributed by atoms with Crippen molar-refractivity contribution in [2.75, 3.05) is 31.2 Å². The van der Waals surface area contributed by atoms with Crippen LogP contribution in [0.4, 0.5) is 5.69 Å². The highest BCUT2D eigenvalue weighted by Crippen LogP contribution is 2.21. The van der Waals surface area contributed by atoms with Crippen LogP contribution in [0.5, 0.6) is 0 Å². The number of halogens is 1. The van der Waals surface area contributed by atoms with Crippen molar-refractivity contribution in [3.63, 3.8) is 0 Å². The fraction of sp³-hybridized carbons (Fsp3) is 0.278. The lowest BCUT2D eigenvalue weighted by Crippen LogP contribution is -2.37. The fourth-order valence-electron chi connectivity index (χ4n) is 2.65. The van der Waals surface area contributed by atoms with Crippen LogP contribution < -0.4 is 10.2 Å². The zero-order valence-electron chi connectivity index (χ0n) is 12.8. The number of morpholine rings is 1. The number of para-hydroxylation sites is 1. The molecule has 1 aliphatic rings. The number of benzene rings is 2. The molecule has 0 saturated carbocycles. The normalized spacial score (nSPS) is 14.6. The molecule has 23 heavy (non-hydrogen) atoms. The van der Waals surface area contributed by atoms with Crippen molar-refractivity contribution >= 4 is 23.2 Å². The van der Waals surface area contributed by atoms with Crippen LogP contribution >= 0.6 is 11.6 Å². The highest BCUT2D eigenvalue weighted by atomic mass is 35.5. The first-order valence-corrected chi connectivity index (χ1v) is 8.06. The van der Waals surface area contributed by atoms with E-state index in [1.54, 1.807) is 24.3 Å². The van der Waals surface area contributed by atoms with Gasteiger partial charge in [-0.3, -0.25) is 4.79 Å². The Morgan fingerprint density at radius 1 is 1.09 bits per heavy atom. The minimum absolute atomic E-state index is 0.0987. The lowest BCUT2D eigenvalue weighted by molar-refractivity contribution is 0.0950. The third-order valence-corrected chi connectivity index (χ3v) is 4.14. The quantitative estimate of drug-likeness (QED) is 0.936. The second-order valence-electron chi connectivity index (χ2n) is 5.42. The average Bonchev–Trinajstić information content (AvgIpc) is 2.61. The first-order valence-electron chi connectivity index (χ1n) is 7.68. The van der Waals surface area contributed by atoms with Crippen LogP contribution in [0, 0.1) is 0 Å². The molecule has 5 heteroatoms. The summed E-state index contributed by atoms with van der Waals surface area (Å²) in [7, 11) is 0. The highest BCUT2D eigenvalue weighted by molar-refractivity contribution is 6.30. The number of ether oxygens (including phenoxy) is 1. The van der Waals surface area contributed by atoms with Crippen molar-refractivity contribution in [3.05, 3.63) is 64.7 Å². The molecule has 0 bridgehead atoms. The summed E-state index contributed by atoms with van der Waals surface area (Å²) in [5.41, 5.74) is 2.88. The summed E-state index contributed by atoms with van der Waals surface area (Å²) in [4.78, 5) is 14.5. The van der Waals surface area contributed by atoms with Crippen molar-refractivity contribution in [3.8, 4) is 0 Å². The molecule has 120 valence electrons. The molecule has 1 amide bonds. The van der Waals surface area contributed by atoms with Gasteiger partial charge in [-0.05, 0) is 35.9 Å². The van der Waals surface area contributed by atoms with E-state index in [1.807, 2.05) is 18.2 Å². The van der Waals surface area contributed by atoms with Gasteiger partial charge in [-0.25, -0.2) is 0 Å². The number of nitrogens with zero attached hydrogens (tertiary/aromatic N) is 1. The smallest absolute Gasteiger partial charge is 0.251 e. The minimum Gasteiger partial charge on any atom is -0.378 e. The number of amides is 1. The molecule has 2 aromatic carbocycles. The Labute approximate surface area is 141 Å². The fourth-order valence-corrected chi connectivity index (χ4v) is 2.78. The van der Waals surface area contributed by atoms with Gasteiger partial charge < -0.3 is 15.0 Å². The van der Waals surface area contributed by atoms with E-state index in [-0.39, 0.29) is 5.91 Å². The molecule has 2 aromatic rings. The van der Waals surface area contributed by atoms with Crippen molar-refractivity contribution in [1.29, 1.82) is 0 Å². The molecule has 0 aliphatic carbocycles. The summed E-state index contributed by atoms with van der Waals surface area (Å²) in [5, 5.41) is 3.60. The first-order chi connectivity index (χ1) is 11.2. The molecule has 0 aromatic heterocycles. The van der Waals surface area contributed by atoms with Gasteiger partial charge in [-0.1, -0.05) is 29.8 Å². The van der Waals surface area contributed by atoms with Gasteiger partial charge in [0.15, 0.2) is 0 Å². The van der Waals surface area contributed by atoms with Gasteiger partial charge in [-0.2, -0.15) is 0 Å². The third kappa shape index (κ3) is 4.03. The molecule has 1 saturated heterocycles. The predicted molar refractivity (Wildman–Crippen MR) is 92.1 cm³/mol. The summed E-state index contributed by atoms with van der Waals surface area (Å²) >= 11 is 5.85. The van der Waals surface area contributed by atoms with Gasteiger partial charge in [0.25, 0.3) is 5.91 Å². The Bertz CT molecular complexity index is 667. The highest BCUT2D eigenvalue weighted by Gasteiger charge is 2.15. The van der Waals surface area contributed by atoms with Gasteiger partial charge in [0.05, 0.1) is 13.2 Å². The molecule has 1 aliphatic heterocycles. The van der Waals surface area contributed by atoms with Gasteiger partial charge in [-0.15, -0.1) is 0 Å². The van der Waals surface area contributed by atoms with Gasteiger partial charge in [0.1, 0.15) is 0 Å². The Morgan fingerprint density at radius 3 is 2.52 bits per heavy atom. The Balaban J connectivity index is 1.68. The number of rotatable bonds is 4. The number of hydrogen-bond donors (Lipinski definition) is 1. The van der Waals surface area contributed by atoms with Crippen LogP contribution in [0.3, 0.4) is 0 Å². The molecule has 3 rings (SSSR count). The maximum Gasteiger partial charge on any atom is 0.251 e. The van der Waals surface area contributed by atoms with E-state index in [1.165, 1.54) is 0 Å². The largest absolute Gasteiger partial charge is 0.378 e. The average molecular weight is 331 g/mol. The molecule has 1 heterocycles. The number of hydrogen-bond acceptors (Lipinski definition) is 3. The molecule has 0 atom stereocenters. The van der Waals surface area contributed by atoms with Crippen LogP contribution in [0.15, 0.2) is 48.5 Å². The van der Waals surface area contributed by atoms with Crippen LogP contribution in [0.2, 0.25) is 5.02 Å². The SMILES string of the molecule is O=C(NCc1ccccc1N1CCOCC1)c1ccc(Cl)cc1. The number of nitrogens with one attached hydrogen (secondary N) is 1. The Kier molecular flexibility index (Phi) is 5.16. The monoisotopic (exact) mass is 330 g/mol. The maximum atomic E-state index is 12.2. The molecule has 1 fully saturated rings. The topological polar surface area (TPSA) is 41.6 Å². The lowest BCUT2D eigenvalue weighted by atomic mass is 10.1. The van der Waals surface area contributed by atoms with E-state index in [4.69, 9.17) is 16.3 Å². The summed E-state index contributed by atoms with van der Waals surface area (Å²) in [5.74, 6) is -0.0987. The maximum absolute atomic E-state index is 12.2. The van der Waals surface area contributed by atoms with Gasteiger partial charge in [0, 0.05) is 35.9 Å². The number of carbonyl (C=O) groups is 1. The number of anilines is 1. The van der Waals surface area contributed by atoms with Crippen LogP contribution in [0.25, 0.3) is 0 Å². The third-order valence-electron chi connectivity index (χ3n) is 3.89. The Morgan fingerprint density at radius 2 is 1.78 bits per heavy atom. The Hall–Kier alpha value is -2.04. The molecular weight excluding hydrogens is 312 g/mol. The zero-order chi connectivity index (χ0) is 16.1. The summed E-state index contributed by atoms with van der Waals surface area (Å²) in [6, 6.07) is 15.1. The van der Waals surface area contributed by atoms with Crippen molar-refractivity contribution in [1.82, 2.24) is 5.32 Å². The molecular formula is C18H19ClN2O2. The molecule has 4 nitrogen and oxygen atoms in total. The van der Waals surface area contributed by atoms with E-state index in [9.17, 15) is 4.79 Å².